The second-order valence-corrected chi connectivity index (χ2v) is 5.06. The number of likely N-dealkylation sites (N-methyl/N-ethyl adjacent to an activating group) is 1. The number of rotatable bonds is 5. The van der Waals surface area contributed by atoms with E-state index in [-0.39, 0.29) is 18.4 Å². The first-order chi connectivity index (χ1) is 10.0. The van der Waals surface area contributed by atoms with Gasteiger partial charge < -0.3 is 10.1 Å². The third kappa shape index (κ3) is 3.58. The molecular weight excluding hydrogens is 272 g/mol. The van der Waals surface area contributed by atoms with Crippen molar-refractivity contribution in [2.45, 2.75) is 19.9 Å². The van der Waals surface area contributed by atoms with E-state index in [0.717, 1.165) is 17.2 Å². The lowest BCUT2D eigenvalue weighted by molar-refractivity contribution is 0.257. The highest BCUT2D eigenvalue weighted by Gasteiger charge is 2.15. The lowest BCUT2D eigenvalue weighted by Crippen LogP contribution is -2.24. The lowest BCUT2D eigenvalue weighted by Gasteiger charge is -2.20. The number of hydrogen-bond acceptors (Lipinski definition) is 2. The summed E-state index contributed by atoms with van der Waals surface area (Å²) < 4.78 is 32.1. The molecule has 0 heterocycles. The fourth-order valence-corrected chi connectivity index (χ4v) is 2.31. The molecule has 0 saturated carbocycles. The van der Waals surface area contributed by atoms with Gasteiger partial charge >= 0.3 is 0 Å². The van der Waals surface area contributed by atoms with Crippen molar-refractivity contribution in [1.82, 2.24) is 5.32 Å². The SMILES string of the molecule is CNC(COc1cccc(F)c1F)c1ccc(C)cc1C. The van der Waals surface area contributed by atoms with Crippen LogP contribution < -0.4 is 10.1 Å². The molecule has 21 heavy (non-hydrogen) atoms. The van der Waals surface area contributed by atoms with Crippen molar-refractivity contribution in [1.29, 1.82) is 0 Å². The van der Waals surface area contributed by atoms with Crippen LogP contribution >= 0.6 is 0 Å². The first kappa shape index (κ1) is 15.4. The molecule has 0 spiro atoms. The van der Waals surface area contributed by atoms with Gasteiger partial charge in [0.1, 0.15) is 6.61 Å². The average Bonchev–Trinajstić information content (AvgIpc) is 2.45. The van der Waals surface area contributed by atoms with E-state index in [2.05, 4.69) is 11.4 Å². The van der Waals surface area contributed by atoms with E-state index in [4.69, 9.17) is 4.74 Å². The molecule has 1 atom stereocenters. The van der Waals surface area contributed by atoms with Crippen LogP contribution in [-0.4, -0.2) is 13.7 Å². The monoisotopic (exact) mass is 291 g/mol. The Bertz CT molecular complexity index is 628. The minimum absolute atomic E-state index is 0.0694. The van der Waals surface area contributed by atoms with Crippen molar-refractivity contribution in [3.05, 3.63) is 64.7 Å². The van der Waals surface area contributed by atoms with Gasteiger partial charge in [0, 0.05) is 0 Å². The van der Waals surface area contributed by atoms with Crippen LogP contribution in [0.5, 0.6) is 5.75 Å². The molecule has 1 unspecified atom stereocenters. The van der Waals surface area contributed by atoms with Crippen LogP contribution in [0, 0.1) is 25.5 Å². The quantitative estimate of drug-likeness (QED) is 0.901. The van der Waals surface area contributed by atoms with Gasteiger partial charge in [0.25, 0.3) is 0 Å². The summed E-state index contributed by atoms with van der Waals surface area (Å²) in [7, 11) is 1.81. The number of benzene rings is 2. The second kappa shape index (κ2) is 6.68. The number of halogens is 2. The summed E-state index contributed by atoms with van der Waals surface area (Å²) in [5, 5.41) is 3.14. The molecule has 112 valence electrons. The maximum atomic E-state index is 13.6. The Kier molecular flexibility index (Phi) is 4.91. The summed E-state index contributed by atoms with van der Waals surface area (Å²) in [6.07, 6.45) is 0. The zero-order valence-electron chi connectivity index (χ0n) is 12.4. The first-order valence-electron chi connectivity index (χ1n) is 6.84. The van der Waals surface area contributed by atoms with Crippen LogP contribution in [0.25, 0.3) is 0 Å². The summed E-state index contributed by atoms with van der Waals surface area (Å²) in [4.78, 5) is 0. The van der Waals surface area contributed by atoms with E-state index in [9.17, 15) is 8.78 Å². The van der Waals surface area contributed by atoms with Gasteiger partial charge in [0.2, 0.25) is 5.82 Å². The van der Waals surface area contributed by atoms with Gasteiger partial charge in [-0.05, 0) is 44.2 Å². The fraction of sp³-hybridized carbons (Fsp3) is 0.294. The van der Waals surface area contributed by atoms with Crippen LogP contribution in [-0.2, 0) is 0 Å². The summed E-state index contributed by atoms with van der Waals surface area (Å²) in [5.41, 5.74) is 3.40. The van der Waals surface area contributed by atoms with Gasteiger partial charge in [-0.1, -0.05) is 29.8 Å². The normalized spacial score (nSPS) is 12.2. The Morgan fingerprint density at radius 1 is 1.14 bits per heavy atom. The van der Waals surface area contributed by atoms with Gasteiger partial charge in [-0.2, -0.15) is 4.39 Å². The van der Waals surface area contributed by atoms with Crippen molar-refractivity contribution >= 4 is 0 Å². The van der Waals surface area contributed by atoms with Crippen molar-refractivity contribution in [2.24, 2.45) is 0 Å². The van der Waals surface area contributed by atoms with Crippen LogP contribution in [0.4, 0.5) is 8.78 Å². The third-order valence-electron chi connectivity index (χ3n) is 3.47. The first-order valence-corrected chi connectivity index (χ1v) is 6.84. The molecule has 0 radical (unpaired) electrons. The highest BCUT2D eigenvalue weighted by atomic mass is 19.2. The molecule has 2 nitrogen and oxygen atoms in total. The maximum absolute atomic E-state index is 13.6. The molecule has 2 rings (SSSR count). The van der Waals surface area contributed by atoms with Crippen molar-refractivity contribution in [3.8, 4) is 5.75 Å². The van der Waals surface area contributed by atoms with E-state index in [1.54, 1.807) is 0 Å². The highest BCUT2D eigenvalue weighted by Crippen LogP contribution is 2.23. The van der Waals surface area contributed by atoms with E-state index < -0.39 is 11.6 Å². The maximum Gasteiger partial charge on any atom is 0.200 e. The molecule has 0 aliphatic heterocycles. The molecule has 0 aliphatic rings. The van der Waals surface area contributed by atoms with Gasteiger partial charge in [0.05, 0.1) is 6.04 Å². The van der Waals surface area contributed by atoms with E-state index >= 15 is 0 Å². The minimum Gasteiger partial charge on any atom is -0.488 e. The van der Waals surface area contributed by atoms with E-state index in [0.29, 0.717) is 0 Å². The Morgan fingerprint density at radius 3 is 2.57 bits per heavy atom. The van der Waals surface area contributed by atoms with Crippen LogP contribution in [0.1, 0.15) is 22.7 Å². The molecule has 1 N–H and O–H groups in total. The number of hydrogen-bond donors (Lipinski definition) is 1. The largest absolute Gasteiger partial charge is 0.488 e. The standard InChI is InChI=1S/C17H19F2NO/c1-11-7-8-13(12(2)9-11)15(20-3)10-21-16-6-4-5-14(18)17(16)19/h4-9,15,20H,10H2,1-3H3. The highest BCUT2D eigenvalue weighted by molar-refractivity contribution is 5.33. The Labute approximate surface area is 123 Å². The number of aryl methyl sites for hydroxylation is 2. The zero-order chi connectivity index (χ0) is 15.4. The van der Waals surface area contributed by atoms with Gasteiger partial charge in [-0.25, -0.2) is 4.39 Å². The topological polar surface area (TPSA) is 21.3 Å². The van der Waals surface area contributed by atoms with E-state index in [1.807, 2.05) is 33.0 Å². The molecular formula is C17H19F2NO. The number of nitrogens with one attached hydrogen (secondary N) is 1. The Hall–Kier alpha value is -1.94. The summed E-state index contributed by atoms with van der Waals surface area (Å²) in [5.74, 6) is -1.92. The van der Waals surface area contributed by atoms with Crippen LogP contribution in [0.15, 0.2) is 36.4 Å². The van der Waals surface area contributed by atoms with Crippen LogP contribution in [0.2, 0.25) is 0 Å². The summed E-state index contributed by atoms with van der Waals surface area (Å²) >= 11 is 0. The molecule has 0 fully saturated rings. The summed E-state index contributed by atoms with van der Waals surface area (Å²) in [6.45, 7) is 4.28. The molecule has 0 aromatic heterocycles. The van der Waals surface area contributed by atoms with Gasteiger partial charge in [-0.3, -0.25) is 0 Å². The fourth-order valence-electron chi connectivity index (χ4n) is 2.31. The predicted octanol–water partition coefficient (Wildman–Crippen LogP) is 3.92. The summed E-state index contributed by atoms with van der Waals surface area (Å²) in [6, 6.07) is 9.97. The minimum atomic E-state index is -0.951. The smallest absolute Gasteiger partial charge is 0.200 e. The lowest BCUT2D eigenvalue weighted by atomic mass is 10.00. The third-order valence-corrected chi connectivity index (χ3v) is 3.47. The molecule has 2 aromatic carbocycles. The molecule has 0 bridgehead atoms. The van der Waals surface area contributed by atoms with Gasteiger partial charge in [0.15, 0.2) is 11.6 Å². The Balaban J connectivity index is 2.14. The van der Waals surface area contributed by atoms with Crippen LogP contribution in [0.3, 0.4) is 0 Å². The molecule has 2 aromatic rings. The van der Waals surface area contributed by atoms with Crippen molar-refractivity contribution < 1.29 is 13.5 Å². The van der Waals surface area contributed by atoms with E-state index in [1.165, 1.54) is 17.7 Å². The average molecular weight is 291 g/mol. The molecule has 0 aliphatic carbocycles. The second-order valence-electron chi connectivity index (χ2n) is 5.06. The van der Waals surface area contributed by atoms with Gasteiger partial charge in [-0.15, -0.1) is 0 Å². The van der Waals surface area contributed by atoms with Crippen molar-refractivity contribution in [3.63, 3.8) is 0 Å². The predicted molar refractivity (Wildman–Crippen MR) is 79.6 cm³/mol. The molecule has 0 saturated heterocycles. The zero-order valence-corrected chi connectivity index (χ0v) is 12.4. The number of ether oxygens (including phenoxy) is 1. The molecule has 0 amide bonds. The Morgan fingerprint density at radius 2 is 1.90 bits per heavy atom. The van der Waals surface area contributed by atoms with Crippen molar-refractivity contribution in [2.75, 3.05) is 13.7 Å². The molecule has 4 heteroatoms.